The van der Waals surface area contributed by atoms with Crippen molar-refractivity contribution in [2.75, 3.05) is 13.1 Å². The minimum Gasteiger partial charge on any atom is -0.337 e. The van der Waals surface area contributed by atoms with Crippen molar-refractivity contribution in [3.63, 3.8) is 0 Å². The number of alkyl halides is 3. The number of urea groups is 1. The molecule has 1 atom stereocenters. The number of aromatic nitrogens is 2. The molecule has 2 aromatic rings. The lowest BCUT2D eigenvalue weighted by Crippen LogP contribution is -2.56. The van der Waals surface area contributed by atoms with E-state index in [0.29, 0.717) is 38.1 Å². The number of imide groups is 1. The first-order chi connectivity index (χ1) is 20.0. The number of nitrogens with zero attached hydrogens (tertiary/aromatic N) is 4. The molecule has 0 saturated carbocycles. The maximum atomic E-state index is 13.7. The molecule has 2 saturated heterocycles. The quantitative estimate of drug-likeness (QED) is 0.190. The van der Waals surface area contributed by atoms with E-state index in [9.17, 15) is 31.9 Å². The first kappa shape index (κ1) is 31.4. The number of carbonyl (C=O) groups is 3. The van der Waals surface area contributed by atoms with Crippen molar-refractivity contribution in [2.45, 2.75) is 89.9 Å². The number of hydrogen-bond donors (Lipinski definition) is 1. The summed E-state index contributed by atoms with van der Waals surface area (Å²) in [4.78, 5) is 50.9. The summed E-state index contributed by atoms with van der Waals surface area (Å²) in [5.41, 5.74) is -3.06. The van der Waals surface area contributed by atoms with E-state index in [0.717, 1.165) is 48.1 Å². The van der Waals surface area contributed by atoms with Gasteiger partial charge in [-0.05, 0) is 57.0 Å². The number of nitrogens with one attached hydrogen (secondary N) is 1. The Morgan fingerprint density at radius 1 is 1.14 bits per heavy atom. The van der Waals surface area contributed by atoms with E-state index in [2.05, 4.69) is 22.4 Å². The normalized spacial score (nSPS) is 17.8. The van der Waals surface area contributed by atoms with Gasteiger partial charge in [0.05, 0.1) is 11.5 Å². The third-order valence-corrected chi connectivity index (χ3v) is 7.82. The van der Waals surface area contributed by atoms with Gasteiger partial charge in [-0.3, -0.25) is 4.79 Å². The fourth-order valence-electron chi connectivity index (χ4n) is 5.34. The summed E-state index contributed by atoms with van der Waals surface area (Å²) < 4.78 is 58.3. The molecule has 4 rings (SSSR count). The van der Waals surface area contributed by atoms with Gasteiger partial charge in [-0.15, -0.1) is 5.06 Å². The molecule has 2 aliphatic heterocycles. The van der Waals surface area contributed by atoms with Gasteiger partial charge in [-0.1, -0.05) is 51.1 Å². The highest BCUT2D eigenvalue weighted by atomic mass is 19.4. The van der Waals surface area contributed by atoms with Crippen LogP contribution in [0, 0.1) is 11.7 Å². The SMILES string of the molecule is CCCCCCCC(CC)C(=O)ON1C(=O)N(Cc2nc(-c3ccc(F)c(C(F)(F)F)c3)no2)C(=O)C12CCNCC2. The molecule has 10 nitrogen and oxygen atoms in total. The summed E-state index contributed by atoms with van der Waals surface area (Å²) in [5, 5.41) is 7.66. The first-order valence-corrected chi connectivity index (χ1v) is 14.3. The fourth-order valence-corrected chi connectivity index (χ4v) is 5.34. The highest BCUT2D eigenvalue weighted by Crippen LogP contribution is 2.38. The molecule has 42 heavy (non-hydrogen) atoms. The van der Waals surface area contributed by atoms with Gasteiger partial charge >= 0.3 is 18.2 Å². The predicted octanol–water partition coefficient (Wildman–Crippen LogP) is 5.63. The zero-order valence-corrected chi connectivity index (χ0v) is 23.6. The van der Waals surface area contributed by atoms with Gasteiger partial charge in [-0.2, -0.15) is 18.2 Å². The molecular formula is C28H35F4N5O5. The summed E-state index contributed by atoms with van der Waals surface area (Å²) in [7, 11) is 0. The van der Waals surface area contributed by atoms with E-state index in [1.165, 1.54) is 0 Å². The molecule has 1 N–H and O–H groups in total. The third-order valence-electron chi connectivity index (χ3n) is 7.82. The fraction of sp³-hybridized carbons (Fsp3) is 0.607. The number of amides is 3. The van der Waals surface area contributed by atoms with Gasteiger partial charge in [-0.25, -0.2) is 18.9 Å². The molecule has 3 amide bonds. The number of carbonyl (C=O) groups excluding carboxylic acids is 3. The average Bonchev–Trinajstić information content (AvgIpc) is 3.50. The number of benzene rings is 1. The molecule has 1 unspecified atom stereocenters. The van der Waals surface area contributed by atoms with Gasteiger partial charge in [0, 0.05) is 5.56 Å². The second kappa shape index (κ2) is 13.2. The second-order valence-electron chi connectivity index (χ2n) is 10.7. The van der Waals surface area contributed by atoms with E-state index in [-0.39, 0.29) is 30.1 Å². The van der Waals surface area contributed by atoms with Crippen molar-refractivity contribution in [1.82, 2.24) is 25.4 Å². The molecule has 0 bridgehead atoms. The summed E-state index contributed by atoms with van der Waals surface area (Å²) in [6.45, 7) is 4.32. The smallest absolute Gasteiger partial charge is 0.337 e. The molecule has 3 heterocycles. The minimum atomic E-state index is -4.93. The van der Waals surface area contributed by atoms with Crippen LogP contribution in [0.15, 0.2) is 22.7 Å². The number of halogens is 4. The Morgan fingerprint density at radius 3 is 2.52 bits per heavy atom. The molecule has 14 heteroatoms. The van der Waals surface area contributed by atoms with Crippen molar-refractivity contribution in [3.8, 4) is 11.4 Å². The van der Waals surface area contributed by atoms with Gasteiger partial charge in [0.15, 0.2) is 5.54 Å². The molecule has 2 fully saturated rings. The van der Waals surface area contributed by atoms with E-state index in [1.54, 1.807) is 0 Å². The molecule has 1 aromatic heterocycles. The Balaban J connectivity index is 1.51. The lowest BCUT2D eigenvalue weighted by Gasteiger charge is -2.36. The van der Waals surface area contributed by atoms with Crippen LogP contribution in [0.5, 0.6) is 0 Å². The number of hydrogen-bond acceptors (Lipinski definition) is 8. The summed E-state index contributed by atoms with van der Waals surface area (Å²) >= 11 is 0. The van der Waals surface area contributed by atoms with Crippen molar-refractivity contribution in [1.29, 1.82) is 0 Å². The van der Waals surface area contributed by atoms with Gasteiger partial charge in [0.2, 0.25) is 11.7 Å². The average molecular weight is 598 g/mol. The zero-order chi connectivity index (χ0) is 30.5. The summed E-state index contributed by atoms with van der Waals surface area (Å²) in [5.74, 6) is -3.58. The molecule has 0 radical (unpaired) electrons. The Bertz CT molecular complexity index is 1280. The van der Waals surface area contributed by atoms with Gasteiger partial charge in [0.25, 0.3) is 5.91 Å². The van der Waals surface area contributed by atoms with Gasteiger partial charge < -0.3 is 14.7 Å². The lowest BCUT2D eigenvalue weighted by molar-refractivity contribution is -0.201. The number of hydroxylamine groups is 2. The minimum absolute atomic E-state index is 0.163. The van der Waals surface area contributed by atoms with Crippen LogP contribution >= 0.6 is 0 Å². The Hall–Kier alpha value is -3.55. The number of rotatable bonds is 12. The Labute approximate surface area is 240 Å². The van der Waals surface area contributed by atoms with Crippen LogP contribution in [-0.4, -0.2) is 56.6 Å². The molecule has 1 spiro atoms. The Morgan fingerprint density at radius 2 is 1.86 bits per heavy atom. The topological polar surface area (TPSA) is 118 Å². The van der Waals surface area contributed by atoms with E-state index >= 15 is 0 Å². The monoisotopic (exact) mass is 597 g/mol. The van der Waals surface area contributed by atoms with Crippen LogP contribution in [0.25, 0.3) is 11.4 Å². The highest BCUT2D eigenvalue weighted by molar-refractivity contribution is 6.06. The predicted molar refractivity (Wildman–Crippen MR) is 141 cm³/mol. The molecule has 230 valence electrons. The first-order valence-electron chi connectivity index (χ1n) is 14.3. The van der Waals surface area contributed by atoms with Crippen molar-refractivity contribution >= 4 is 17.9 Å². The third kappa shape index (κ3) is 6.58. The largest absolute Gasteiger partial charge is 0.419 e. The van der Waals surface area contributed by atoms with E-state index < -0.39 is 53.5 Å². The highest BCUT2D eigenvalue weighted by Gasteiger charge is 2.60. The number of unbranched alkanes of at least 4 members (excludes halogenated alkanes) is 4. The van der Waals surface area contributed by atoms with Crippen LogP contribution in [0.1, 0.15) is 83.1 Å². The zero-order valence-electron chi connectivity index (χ0n) is 23.6. The summed E-state index contributed by atoms with van der Waals surface area (Å²) in [6.07, 6.45) is 1.75. The maximum absolute atomic E-state index is 13.7. The molecular weight excluding hydrogens is 562 g/mol. The maximum Gasteiger partial charge on any atom is 0.419 e. The van der Waals surface area contributed by atoms with Crippen LogP contribution in [-0.2, 0) is 27.1 Å². The molecule has 1 aromatic carbocycles. The Kier molecular flexibility index (Phi) is 9.85. The van der Waals surface area contributed by atoms with Crippen LogP contribution in [0.4, 0.5) is 22.4 Å². The van der Waals surface area contributed by atoms with E-state index in [1.807, 2.05) is 6.92 Å². The van der Waals surface area contributed by atoms with Crippen molar-refractivity contribution < 1.29 is 41.3 Å². The van der Waals surface area contributed by atoms with Crippen LogP contribution < -0.4 is 5.32 Å². The van der Waals surface area contributed by atoms with E-state index in [4.69, 9.17) is 9.36 Å². The summed E-state index contributed by atoms with van der Waals surface area (Å²) in [6, 6.07) is 1.39. The van der Waals surface area contributed by atoms with Crippen LogP contribution in [0.3, 0.4) is 0 Å². The molecule has 0 aliphatic carbocycles. The lowest BCUT2D eigenvalue weighted by atomic mass is 9.88. The van der Waals surface area contributed by atoms with Crippen molar-refractivity contribution in [3.05, 3.63) is 35.5 Å². The van der Waals surface area contributed by atoms with Crippen LogP contribution in [0.2, 0.25) is 0 Å². The molecule has 2 aliphatic rings. The standard InChI is InChI=1S/C28H35F4N5O5/c1-3-5-6-7-8-9-18(4-2)24(38)42-37-26(40)36(25(39)27(37)12-14-33-15-13-27)17-22-34-23(35-41-22)19-10-11-21(29)20(16-19)28(30,31)32/h10-11,16,18,33H,3-9,12-15,17H2,1-2H3. The van der Waals surface area contributed by atoms with Gasteiger partial charge in [0.1, 0.15) is 12.4 Å². The van der Waals surface area contributed by atoms with Crippen molar-refractivity contribution in [2.24, 2.45) is 5.92 Å². The number of piperidine rings is 1. The second-order valence-corrected chi connectivity index (χ2v) is 10.7.